The standard InChI is InChI=1S/C13H19N5O/c1-7-11(9(3)17(5)15-7)13(19)14-12-8(2)16-18(6)10(12)4/h1-6H3,(H,14,19). The van der Waals surface area contributed by atoms with Gasteiger partial charge in [0.2, 0.25) is 0 Å². The zero-order valence-corrected chi connectivity index (χ0v) is 12.2. The molecule has 0 fully saturated rings. The highest BCUT2D eigenvalue weighted by Crippen LogP contribution is 2.21. The fourth-order valence-electron chi connectivity index (χ4n) is 2.23. The van der Waals surface area contributed by atoms with Gasteiger partial charge >= 0.3 is 0 Å². The lowest BCUT2D eigenvalue weighted by Crippen LogP contribution is -2.15. The van der Waals surface area contributed by atoms with Gasteiger partial charge in [0, 0.05) is 19.8 Å². The van der Waals surface area contributed by atoms with Crippen molar-refractivity contribution in [2.75, 3.05) is 5.32 Å². The van der Waals surface area contributed by atoms with Gasteiger partial charge in [0.25, 0.3) is 5.91 Å². The van der Waals surface area contributed by atoms with Gasteiger partial charge in [-0.1, -0.05) is 0 Å². The highest BCUT2D eigenvalue weighted by atomic mass is 16.1. The Bertz CT molecular complexity index is 651. The number of nitrogens with zero attached hydrogens (tertiary/aromatic N) is 4. The van der Waals surface area contributed by atoms with Crippen LogP contribution in [0.5, 0.6) is 0 Å². The maximum Gasteiger partial charge on any atom is 0.259 e. The molecule has 102 valence electrons. The van der Waals surface area contributed by atoms with E-state index in [0.29, 0.717) is 5.56 Å². The minimum absolute atomic E-state index is 0.137. The van der Waals surface area contributed by atoms with Crippen molar-refractivity contribution >= 4 is 11.6 Å². The first-order valence-electron chi connectivity index (χ1n) is 6.14. The Morgan fingerprint density at radius 1 is 0.947 bits per heavy atom. The van der Waals surface area contributed by atoms with Crippen LogP contribution in [0.4, 0.5) is 5.69 Å². The molecule has 0 bridgehead atoms. The van der Waals surface area contributed by atoms with E-state index in [1.807, 2.05) is 41.8 Å². The molecule has 2 heterocycles. The SMILES string of the molecule is Cc1nn(C)c(C)c1NC(=O)c1c(C)nn(C)c1C. The normalized spacial score (nSPS) is 10.8. The number of carbonyl (C=O) groups is 1. The van der Waals surface area contributed by atoms with Gasteiger partial charge in [0.15, 0.2) is 0 Å². The molecule has 0 aliphatic heterocycles. The number of carbonyl (C=O) groups excluding carboxylic acids is 1. The van der Waals surface area contributed by atoms with Crippen LogP contribution in [0.3, 0.4) is 0 Å². The van der Waals surface area contributed by atoms with Crippen molar-refractivity contribution < 1.29 is 4.79 Å². The molecule has 2 aromatic rings. The summed E-state index contributed by atoms with van der Waals surface area (Å²) in [6, 6.07) is 0. The van der Waals surface area contributed by atoms with Gasteiger partial charge in [-0.25, -0.2) is 0 Å². The maximum absolute atomic E-state index is 12.4. The molecule has 2 aromatic heterocycles. The third kappa shape index (κ3) is 2.14. The fraction of sp³-hybridized carbons (Fsp3) is 0.462. The average Bonchev–Trinajstić information content (AvgIpc) is 2.70. The van der Waals surface area contributed by atoms with Crippen molar-refractivity contribution in [2.24, 2.45) is 14.1 Å². The van der Waals surface area contributed by atoms with Crippen LogP contribution in [0.2, 0.25) is 0 Å². The van der Waals surface area contributed by atoms with Crippen LogP contribution < -0.4 is 5.32 Å². The van der Waals surface area contributed by atoms with Gasteiger partial charge in [-0.3, -0.25) is 14.2 Å². The van der Waals surface area contributed by atoms with Crippen LogP contribution in [-0.2, 0) is 14.1 Å². The molecule has 0 radical (unpaired) electrons. The lowest BCUT2D eigenvalue weighted by molar-refractivity contribution is 0.102. The Labute approximate surface area is 112 Å². The molecular formula is C13H19N5O. The third-order valence-corrected chi connectivity index (χ3v) is 3.48. The Morgan fingerprint density at radius 2 is 1.47 bits per heavy atom. The average molecular weight is 261 g/mol. The number of hydrogen-bond donors (Lipinski definition) is 1. The predicted molar refractivity (Wildman–Crippen MR) is 73.3 cm³/mol. The summed E-state index contributed by atoms with van der Waals surface area (Å²) < 4.78 is 3.47. The summed E-state index contributed by atoms with van der Waals surface area (Å²) in [5, 5.41) is 11.5. The molecule has 1 amide bonds. The third-order valence-electron chi connectivity index (χ3n) is 3.48. The molecule has 0 spiro atoms. The number of aromatic nitrogens is 4. The second-order valence-electron chi connectivity index (χ2n) is 4.79. The number of amides is 1. The highest BCUT2D eigenvalue weighted by Gasteiger charge is 2.20. The molecule has 0 aliphatic rings. The smallest absolute Gasteiger partial charge is 0.259 e. The summed E-state index contributed by atoms with van der Waals surface area (Å²) >= 11 is 0. The first kappa shape index (κ1) is 13.3. The topological polar surface area (TPSA) is 64.7 Å². The monoisotopic (exact) mass is 261 g/mol. The Morgan fingerprint density at radius 3 is 1.89 bits per heavy atom. The van der Waals surface area contributed by atoms with E-state index < -0.39 is 0 Å². The Kier molecular flexibility index (Phi) is 3.18. The Balaban J connectivity index is 2.36. The van der Waals surface area contributed by atoms with Gasteiger partial charge in [-0.15, -0.1) is 0 Å². The molecule has 0 aromatic carbocycles. The maximum atomic E-state index is 12.4. The van der Waals surface area contributed by atoms with Gasteiger partial charge in [0.05, 0.1) is 28.3 Å². The van der Waals surface area contributed by atoms with Crippen LogP contribution >= 0.6 is 0 Å². The van der Waals surface area contributed by atoms with E-state index in [4.69, 9.17) is 0 Å². The summed E-state index contributed by atoms with van der Waals surface area (Å²) in [6.45, 7) is 7.53. The number of aryl methyl sites for hydroxylation is 4. The van der Waals surface area contributed by atoms with Crippen LogP contribution in [0.15, 0.2) is 0 Å². The van der Waals surface area contributed by atoms with E-state index in [1.165, 1.54) is 0 Å². The molecule has 0 unspecified atom stereocenters. The van der Waals surface area contributed by atoms with E-state index in [9.17, 15) is 4.79 Å². The minimum Gasteiger partial charge on any atom is -0.319 e. The summed E-state index contributed by atoms with van der Waals surface area (Å²) in [5.41, 5.74) is 4.74. The summed E-state index contributed by atoms with van der Waals surface area (Å²) in [5.74, 6) is -0.137. The van der Waals surface area contributed by atoms with Crippen LogP contribution in [0, 0.1) is 27.7 Å². The first-order chi connectivity index (χ1) is 8.82. The Hall–Kier alpha value is -2.11. The van der Waals surface area contributed by atoms with Crippen molar-refractivity contribution in [3.05, 3.63) is 28.3 Å². The lowest BCUT2D eigenvalue weighted by Gasteiger charge is -2.06. The van der Waals surface area contributed by atoms with Crippen molar-refractivity contribution in [1.29, 1.82) is 0 Å². The van der Waals surface area contributed by atoms with E-state index in [1.54, 1.807) is 9.36 Å². The predicted octanol–water partition coefficient (Wildman–Crippen LogP) is 1.64. The molecule has 0 atom stereocenters. The quantitative estimate of drug-likeness (QED) is 0.893. The largest absolute Gasteiger partial charge is 0.319 e. The van der Waals surface area contributed by atoms with E-state index in [0.717, 1.165) is 28.5 Å². The summed E-state index contributed by atoms with van der Waals surface area (Å²) in [7, 11) is 3.69. The molecular weight excluding hydrogens is 242 g/mol. The van der Waals surface area contributed by atoms with Gasteiger partial charge in [-0.2, -0.15) is 10.2 Å². The zero-order valence-electron chi connectivity index (χ0n) is 12.2. The first-order valence-corrected chi connectivity index (χ1v) is 6.14. The number of rotatable bonds is 2. The molecule has 2 rings (SSSR count). The van der Waals surface area contributed by atoms with Crippen molar-refractivity contribution in [3.8, 4) is 0 Å². The molecule has 1 N–H and O–H groups in total. The summed E-state index contributed by atoms with van der Waals surface area (Å²) in [6.07, 6.45) is 0. The van der Waals surface area contributed by atoms with Crippen LogP contribution in [0.25, 0.3) is 0 Å². The summed E-state index contributed by atoms with van der Waals surface area (Å²) in [4.78, 5) is 12.4. The van der Waals surface area contributed by atoms with Crippen LogP contribution in [0.1, 0.15) is 33.1 Å². The number of anilines is 1. The number of hydrogen-bond acceptors (Lipinski definition) is 3. The minimum atomic E-state index is -0.137. The van der Waals surface area contributed by atoms with Gasteiger partial charge in [-0.05, 0) is 27.7 Å². The van der Waals surface area contributed by atoms with E-state index >= 15 is 0 Å². The van der Waals surface area contributed by atoms with E-state index in [-0.39, 0.29) is 5.91 Å². The van der Waals surface area contributed by atoms with Gasteiger partial charge in [0.1, 0.15) is 0 Å². The second-order valence-corrected chi connectivity index (χ2v) is 4.79. The molecule has 19 heavy (non-hydrogen) atoms. The molecule has 0 saturated heterocycles. The number of nitrogens with one attached hydrogen (secondary N) is 1. The van der Waals surface area contributed by atoms with Gasteiger partial charge < -0.3 is 5.32 Å². The molecule has 0 aliphatic carbocycles. The van der Waals surface area contributed by atoms with Crippen molar-refractivity contribution in [3.63, 3.8) is 0 Å². The lowest BCUT2D eigenvalue weighted by atomic mass is 10.1. The molecule has 0 saturated carbocycles. The van der Waals surface area contributed by atoms with Crippen molar-refractivity contribution in [1.82, 2.24) is 19.6 Å². The zero-order chi connectivity index (χ0) is 14.3. The molecule has 6 nitrogen and oxygen atoms in total. The second kappa shape index (κ2) is 4.53. The fourth-order valence-corrected chi connectivity index (χ4v) is 2.23. The highest BCUT2D eigenvalue weighted by molar-refractivity contribution is 6.06. The van der Waals surface area contributed by atoms with Crippen molar-refractivity contribution in [2.45, 2.75) is 27.7 Å². The van der Waals surface area contributed by atoms with Crippen LogP contribution in [-0.4, -0.2) is 25.5 Å². The molecule has 6 heteroatoms. The van der Waals surface area contributed by atoms with E-state index in [2.05, 4.69) is 15.5 Å².